The van der Waals surface area contributed by atoms with Crippen molar-refractivity contribution < 1.29 is 45.4 Å². The molecule has 2 aromatic carbocycles. The molecule has 5 aliphatic heterocycles. The molecule has 2 atom stereocenters. The number of piperazine rings is 1. The van der Waals surface area contributed by atoms with Gasteiger partial charge in [0, 0.05) is 81.1 Å². The van der Waals surface area contributed by atoms with Crippen molar-refractivity contribution >= 4 is 34.3 Å². The molecule has 0 radical (unpaired) electrons. The third kappa shape index (κ3) is 8.41. The first kappa shape index (κ1) is 41.4. The van der Waals surface area contributed by atoms with Gasteiger partial charge < -0.3 is 46.9 Å². The van der Waals surface area contributed by atoms with Crippen LogP contribution in [-0.4, -0.2) is 90.9 Å². The summed E-state index contributed by atoms with van der Waals surface area (Å²) in [5.41, 5.74) is 4.66. The second-order valence-electron chi connectivity index (χ2n) is 16.8. The number of nitrogens with one attached hydrogen (secondary N) is 1. The Balaban J connectivity index is 0.000000326. The first-order valence-electron chi connectivity index (χ1n) is 20.2. The Labute approximate surface area is 359 Å². The van der Waals surface area contributed by atoms with Crippen molar-refractivity contribution in [2.75, 3.05) is 49.1 Å². The van der Waals surface area contributed by atoms with Crippen LogP contribution in [0.2, 0.25) is 0 Å². The molecule has 2 aromatic heterocycles. The summed E-state index contributed by atoms with van der Waals surface area (Å²) < 4.78 is 16.8. The van der Waals surface area contributed by atoms with E-state index in [1.165, 1.54) is 44.8 Å². The summed E-state index contributed by atoms with van der Waals surface area (Å²) in [6.45, 7) is 21.4. The van der Waals surface area contributed by atoms with E-state index in [0.29, 0.717) is 55.9 Å². The van der Waals surface area contributed by atoms with Crippen molar-refractivity contribution in [2.24, 2.45) is 5.92 Å². The van der Waals surface area contributed by atoms with Crippen molar-refractivity contribution in [3.05, 3.63) is 96.5 Å². The van der Waals surface area contributed by atoms with Crippen molar-refractivity contribution in [3.8, 4) is 5.75 Å². The van der Waals surface area contributed by atoms with E-state index in [-0.39, 0.29) is 54.1 Å². The molecule has 0 aliphatic carbocycles. The summed E-state index contributed by atoms with van der Waals surface area (Å²) >= 11 is 0. The minimum atomic E-state index is -0.256. The molecule has 0 saturated carbocycles. The number of allylic oxidation sites excluding steroid dienone is 1. The zero-order valence-corrected chi connectivity index (χ0v) is 37.7. The fourth-order valence-electron chi connectivity index (χ4n) is 9.55. The van der Waals surface area contributed by atoms with Gasteiger partial charge in [-0.2, -0.15) is 5.10 Å². The van der Waals surface area contributed by atoms with Crippen LogP contribution in [-0.2, 0) is 26.1 Å². The van der Waals surface area contributed by atoms with Crippen LogP contribution in [0.4, 0.5) is 15.9 Å². The number of aryl methyl sites for hydroxylation is 2. The van der Waals surface area contributed by atoms with Crippen LogP contribution in [0.1, 0.15) is 85.9 Å². The third-order valence-electron chi connectivity index (χ3n) is 12.2. The van der Waals surface area contributed by atoms with Gasteiger partial charge in [0.05, 0.1) is 11.4 Å². The first-order valence-corrected chi connectivity index (χ1v) is 20.2. The molecule has 57 heavy (non-hydrogen) atoms. The van der Waals surface area contributed by atoms with Crippen LogP contribution < -0.4 is 15.1 Å². The largest absolute Gasteiger partial charge is 2.00 e. The van der Waals surface area contributed by atoms with Gasteiger partial charge in [0.15, 0.2) is 5.69 Å². The van der Waals surface area contributed by atoms with Crippen LogP contribution >= 0.6 is 0 Å². The summed E-state index contributed by atoms with van der Waals surface area (Å²) in [5.74, 6) is 1.44. The van der Waals surface area contributed by atoms with Gasteiger partial charge in [-0.1, -0.05) is 43.5 Å². The van der Waals surface area contributed by atoms with Crippen molar-refractivity contribution in [3.63, 3.8) is 0 Å². The van der Waals surface area contributed by atoms with Gasteiger partial charge in [-0.05, 0) is 93.4 Å². The standard InChI is InChI=1S/C33H36FN8O2.C11H18N.U/c1-4-24-26(34)7-6-21-14-23(43)16-29(30(21)24)39-12-8-25-28(18-39)35-20-36-31(25)40-10-5-11-42-22(17-40)15-27(38-42)32(44)41-13-9-37-33(2,3)19-41;1-3-5-10-8-11(2)6-4-7-12(11)9-10;/h6-8,12,14-16,37,43H,4-5,9-11,13,17-19H2,1-3H3;3,10H,1-2,4-9H2;/q2*-1;+2/t;10-,11+;/m.1./s1. The maximum absolute atomic E-state index is 14.8. The average molecular weight is 998 g/mol. The number of halogens is 1. The first-order chi connectivity index (χ1) is 26.9. The Kier molecular flexibility index (Phi) is 12.2. The maximum Gasteiger partial charge on any atom is 2.00 e. The fourth-order valence-corrected chi connectivity index (χ4v) is 9.55. The number of aromatic hydroxyl groups is 1. The molecular formula is C44H54FN9O2U. The molecule has 3 saturated heterocycles. The molecule has 2 N–H and O–H groups in total. The van der Waals surface area contributed by atoms with E-state index < -0.39 is 0 Å². The molecule has 7 heterocycles. The molecule has 3 fully saturated rings. The number of fused-ring (bicyclic) bond motifs is 4. The van der Waals surface area contributed by atoms with Crippen LogP contribution in [0.25, 0.3) is 16.8 Å². The van der Waals surface area contributed by atoms with E-state index in [1.807, 2.05) is 39.7 Å². The van der Waals surface area contributed by atoms with Gasteiger partial charge in [0.1, 0.15) is 11.6 Å². The maximum atomic E-state index is 14.8. The van der Waals surface area contributed by atoms with Gasteiger partial charge in [-0.3, -0.25) is 9.48 Å². The molecule has 0 unspecified atom stereocenters. The molecule has 0 spiro atoms. The number of phenols is 1. The van der Waals surface area contributed by atoms with Gasteiger partial charge in [0.2, 0.25) is 0 Å². The Morgan fingerprint density at radius 2 is 1.98 bits per heavy atom. The molecular weight excluding hydrogens is 944 g/mol. The summed E-state index contributed by atoms with van der Waals surface area (Å²) in [7, 11) is 0. The Hall–Kier alpha value is -3.76. The fraction of sp³-hybridized carbons (Fsp3) is 0.477. The van der Waals surface area contributed by atoms with E-state index in [1.54, 1.807) is 18.2 Å². The molecule has 1 amide bonds. The minimum Gasteiger partial charge on any atom is -0.508 e. The predicted octanol–water partition coefficient (Wildman–Crippen LogP) is 6.51. The summed E-state index contributed by atoms with van der Waals surface area (Å²) in [6, 6.07) is 8.43. The number of carbonyl (C=O) groups is 1. The van der Waals surface area contributed by atoms with Crippen LogP contribution in [0.3, 0.4) is 0 Å². The van der Waals surface area contributed by atoms with Gasteiger partial charge in [-0.25, -0.2) is 4.39 Å². The molecule has 298 valence electrons. The van der Waals surface area contributed by atoms with Crippen LogP contribution in [0, 0.1) is 56.1 Å². The van der Waals surface area contributed by atoms with E-state index in [4.69, 9.17) is 5.10 Å². The predicted molar refractivity (Wildman–Crippen MR) is 219 cm³/mol. The Bertz CT molecular complexity index is 2170. The van der Waals surface area contributed by atoms with Crippen molar-refractivity contribution in [1.82, 2.24) is 34.9 Å². The van der Waals surface area contributed by atoms with E-state index in [2.05, 4.69) is 64.8 Å². The number of rotatable bonds is 6. The third-order valence-corrected chi connectivity index (χ3v) is 12.2. The Morgan fingerprint density at radius 1 is 1.14 bits per heavy atom. The molecule has 11 nitrogen and oxygen atoms in total. The molecule has 0 bridgehead atoms. The Morgan fingerprint density at radius 3 is 2.75 bits per heavy atom. The average Bonchev–Trinajstić information content (AvgIpc) is 3.79. The van der Waals surface area contributed by atoms with E-state index >= 15 is 0 Å². The number of amides is 1. The quantitative estimate of drug-likeness (QED) is 0.165. The number of phenolic OH excluding ortho intramolecular Hbond substituents is 1. The smallest absolute Gasteiger partial charge is 0.508 e. The summed E-state index contributed by atoms with van der Waals surface area (Å²) in [4.78, 5) is 31.1. The monoisotopic (exact) mass is 997 g/mol. The number of nitrogens with zero attached hydrogens (tertiary/aromatic N) is 8. The number of anilines is 2. The number of hydrogen-bond acceptors (Lipinski definition) is 9. The van der Waals surface area contributed by atoms with Crippen LogP contribution in [0.15, 0.2) is 49.2 Å². The number of carbonyl (C=O) groups excluding carboxylic acids is 1. The number of benzene rings is 2. The van der Waals surface area contributed by atoms with Gasteiger partial charge >= 0.3 is 31.1 Å². The van der Waals surface area contributed by atoms with Gasteiger partial charge in [-0.15, -0.1) is 12.1 Å². The van der Waals surface area contributed by atoms with Crippen LogP contribution in [0.5, 0.6) is 5.75 Å². The summed E-state index contributed by atoms with van der Waals surface area (Å²) in [6.07, 6.45) is 15.3. The second kappa shape index (κ2) is 16.8. The number of aromatic nitrogens is 4. The zero-order chi connectivity index (χ0) is 39.2. The number of hydrogen-bond donors (Lipinski definition) is 2. The SMILES string of the molecule is C=CC[C@H]1CN2CCC[C@@]2([CH2-])C1.CCc1c(F)ccc2cc(O)cc(N3C=Cc4c(n[c-]nc4N4CCCn5nc(C(=O)N6CCNC(C)(C)C6)cc5C4)C3)c12.[U+2]. The zero-order valence-electron chi connectivity index (χ0n) is 33.5. The molecule has 5 aliphatic rings. The topological polar surface area (TPSA) is 106 Å². The molecule has 13 heteroatoms. The summed E-state index contributed by atoms with van der Waals surface area (Å²) in [5, 5.41) is 20.2. The molecule has 9 rings (SSSR count). The van der Waals surface area contributed by atoms with Crippen molar-refractivity contribution in [1.29, 1.82) is 0 Å². The second-order valence-corrected chi connectivity index (χ2v) is 16.8. The van der Waals surface area contributed by atoms with E-state index in [0.717, 1.165) is 64.7 Å². The molecule has 4 aromatic rings. The van der Waals surface area contributed by atoms with E-state index in [9.17, 15) is 14.3 Å². The normalized spacial score (nSPS) is 22.5. The van der Waals surface area contributed by atoms with Gasteiger partial charge in [0.25, 0.3) is 5.91 Å². The van der Waals surface area contributed by atoms with Crippen molar-refractivity contribution in [2.45, 2.75) is 90.0 Å². The minimum absolute atomic E-state index is 0.